The Morgan fingerprint density at radius 1 is 1.17 bits per heavy atom. The number of nitrogens with zero attached hydrogens (tertiary/aromatic N) is 1. The Hall–Kier alpha value is -2.56. The van der Waals surface area contributed by atoms with Gasteiger partial charge >= 0.3 is 5.97 Å². The van der Waals surface area contributed by atoms with Crippen molar-refractivity contribution >= 4 is 22.6 Å². The van der Waals surface area contributed by atoms with Crippen LogP contribution in [-0.4, -0.2) is 41.1 Å². The van der Waals surface area contributed by atoms with Gasteiger partial charge in [0, 0.05) is 6.54 Å². The number of benzene rings is 2. The lowest BCUT2D eigenvalue weighted by molar-refractivity contribution is -0.158. The molecular weight excluding hydrogens is 378 g/mol. The van der Waals surface area contributed by atoms with Crippen LogP contribution in [0.25, 0.3) is 10.8 Å². The molecule has 2 aromatic rings. The number of likely N-dealkylation sites (tertiary alicyclic amines) is 1. The first-order valence-corrected chi connectivity index (χ1v) is 10.7. The maximum atomic E-state index is 13.5. The zero-order valence-corrected chi connectivity index (χ0v) is 18.7. The van der Waals surface area contributed by atoms with Crippen LogP contribution in [0.15, 0.2) is 36.4 Å². The van der Waals surface area contributed by atoms with E-state index in [4.69, 9.17) is 4.74 Å². The first kappa shape index (κ1) is 22.1. The summed E-state index contributed by atoms with van der Waals surface area (Å²) in [6, 6.07) is 11.8. The van der Waals surface area contributed by atoms with E-state index in [0.717, 1.165) is 34.9 Å². The Morgan fingerprint density at radius 3 is 2.47 bits per heavy atom. The summed E-state index contributed by atoms with van der Waals surface area (Å²) in [7, 11) is 1.64. The van der Waals surface area contributed by atoms with Crippen molar-refractivity contribution in [1.82, 2.24) is 4.90 Å². The van der Waals surface area contributed by atoms with E-state index in [1.165, 1.54) is 0 Å². The van der Waals surface area contributed by atoms with Crippen LogP contribution >= 0.6 is 0 Å². The molecule has 1 saturated heterocycles. The largest absolute Gasteiger partial charge is 0.497 e. The fourth-order valence-electron chi connectivity index (χ4n) is 4.39. The predicted molar refractivity (Wildman–Crippen MR) is 119 cm³/mol. The summed E-state index contributed by atoms with van der Waals surface area (Å²) in [5.74, 6) is -0.587. The standard InChI is InChI=1S/C25H33NO4/c1-17(18-7-8-20-16-21(30-5)10-9-19(20)15-18)22(27)26-14-6-11-25(26,23(28)29)13-12-24(2,3)4/h7-10,15-17H,6,11-14H2,1-5H3,(H,28,29). The summed E-state index contributed by atoms with van der Waals surface area (Å²) >= 11 is 0. The second-order valence-corrected chi connectivity index (χ2v) is 9.69. The van der Waals surface area contributed by atoms with E-state index in [1.807, 2.05) is 43.3 Å². The van der Waals surface area contributed by atoms with Crippen molar-refractivity contribution in [2.75, 3.05) is 13.7 Å². The molecule has 3 rings (SSSR count). The minimum Gasteiger partial charge on any atom is -0.497 e. The molecule has 0 aromatic heterocycles. The number of carboxylic acids is 1. The summed E-state index contributed by atoms with van der Waals surface area (Å²) in [5, 5.41) is 12.2. The first-order valence-electron chi connectivity index (χ1n) is 10.7. The highest BCUT2D eigenvalue weighted by Crippen LogP contribution is 2.39. The second kappa shape index (κ2) is 8.29. The van der Waals surface area contributed by atoms with Crippen LogP contribution in [0.3, 0.4) is 0 Å². The van der Waals surface area contributed by atoms with Crippen LogP contribution in [0.4, 0.5) is 0 Å². The van der Waals surface area contributed by atoms with Crippen molar-refractivity contribution in [3.05, 3.63) is 42.0 Å². The number of fused-ring (bicyclic) bond motifs is 1. The minimum atomic E-state index is -1.09. The third kappa shape index (κ3) is 4.30. The van der Waals surface area contributed by atoms with Gasteiger partial charge in [0.1, 0.15) is 11.3 Å². The second-order valence-electron chi connectivity index (χ2n) is 9.69. The molecule has 30 heavy (non-hydrogen) atoms. The number of carbonyl (C=O) groups is 2. The van der Waals surface area contributed by atoms with Crippen LogP contribution in [0.5, 0.6) is 5.75 Å². The van der Waals surface area contributed by atoms with Gasteiger partial charge in [0.25, 0.3) is 0 Å². The molecule has 162 valence electrons. The van der Waals surface area contributed by atoms with E-state index in [9.17, 15) is 14.7 Å². The molecule has 1 heterocycles. The van der Waals surface area contributed by atoms with Crippen molar-refractivity contribution in [2.24, 2.45) is 5.41 Å². The predicted octanol–water partition coefficient (Wildman–Crippen LogP) is 5.22. The number of carbonyl (C=O) groups excluding carboxylic acids is 1. The summed E-state index contributed by atoms with van der Waals surface area (Å²) < 4.78 is 5.28. The molecular formula is C25H33NO4. The number of amides is 1. The average Bonchev–Trinajstić information content (AvgIpc) is 3.15. The molecule has 0 saturated carbocycles. The molecule has 1 amide bonds. The van der Waals surface area contributed by atoms with Gasteiger partial charge in [-0.3, -0.25) is 4.79 Å². The third-order valence-corrected chi connectivity index (χ3v) is 6.38. The van der Waals surface area contributed by atoms with E-state index in [0.29, 0.717) is 19.4 Å². The van der Waals surface area contributed by atoms with Crippen molar-refractivity contribution in [3.63, 3.8) is 0 Å². The minimum absolute atomic E-state index is 0.0186. The fraction of sp³-hybridized carbons (Fsp3) is 0.520. The smallest absolute Gasteiger partial charge is 0.329 e. The third-order valence-electron chi connectivity index (χ3n) is 6.38. The summed E-state index contributed by atoms with van der Waals surface area (Å²) in [6.45, 7) is 8.70. The summed E-state index contributed by atoms with van der Waals surface area (Å²) in [5.41, 5.74) is -0.173. The molecule has 2 atom stereocenters. The van der Waals surface area contributed by atoms with Gasteiger partial charge < -0.3 is 14.7 Å². The lowest BCUT2D eigenvalue weighted by atomic mass is 9.81. The Morgan fingerprint density at radius 2 is 1.83 bits per heavy atom. The first-order chi connectivity index (χ1) is 14.1. The maximum absolute atomic E-state index is 13.5. The van der Waals surface area contributed by atoms with Crippen molar-refractivity contribution in [3.8, 4) is 5.75 Å². The lowest BCUT2D eigenvalue weighted by Crippen LogP contribution is -2.54. The molecule has 0 bridgehead atoms. The summed E-state index contributed by atoms with van der Waals surface area (Å²) in [4.78, 5) is 27.5. The fourth-order valence-corrected chi connectivity index (χ4v) is 4.39. The molecule has 1 N–H and O–H groups in total. The average molecular weight is 412 g/mol. The Labute approximate surface area is 179 Å². The number of aliphatic carboxylic acids is 1. The normalized spacial score (nSPS) is 20.4. The van der Waals surface area contributed by atoms with E-state index >= 15 is 0 Å². The van der Waals surface area contributed by atoms with Crippen LogP contribution in [-0.2, 0) is 9.59 Å². The molecule has 1 aliphatic rings. The lowest BCUT2D eigenvalue weighted by Gasteiger charge is -2.38. The van der Waals surface area contributed by atoms with Crippen LogP contribution in [0.2, 0.25) is 0 Å². The zero-order chi connectivity index (χ0) is 22.1. The SMILES string of the molecule is COc1ccc2cc(C(C)C(=O)N3CCCC3(CCC(C)(C)C)C(=O)O)ccc2c1. The number of hydrogen-bond donors (Lipinski definition) is 1. The Balaban J connectivity index is 1.88. The van der Waals surface area contributed by atoms with Crippen LogP contribution in [0, 0.1) is 5.41 Å². The number of rotatable bonds is 6. The molecule has 0 aliphatic carbocycles. The highest BCUT2D eigenvalue weighted by Gasteiger charge is 2.50. The molecule has 2 unspecified atom stereocenters. The number of methoxy groups -OCH3 is 1. The highest BCUT2D eigenvalue weighted by atomic mass is 16.5. The quantitative estimate of drug-likeness (QED) is 0.707. The maximum Gasteiger partial charge on any atom is 0.329 e. The molecule has 1 aliphatic heterocycles. The Kier molecular flexibility index (Phi) is 6.11. The highest BCUT2D eigenvalue weighted by molar-refractivity contribution is 5.92. The number of ether oxygens (including phenoxy) is 1. The van der Waals surface area contributed by atoms with Gasteiger partial charge in [-0.1, -0.05) is 45.0 Å². The van der Waals surface area contributed by atoms with Crippen LogP contribution < -0.4 is 4.74 Å². The monoisotopic (exact) mass is 411 g/mol. The molecule has 5 nitrogen and oxygen atoms in total. The van der Waals surface area contributed by atoms with Gasteiger partial charge in [-0.25, -0.2) is 4.79 Å². The van der Waals surface area contributed by atoms with Gasteiger partial charge in [0.2, 0.25) is 5.91 Å². The zero-order valence-electron chi connectivity index (χ0n) is 18.7. The Bertz CT molecular complexity index is 946. The molecule has 2 aromatic carbocycles. The van der Waals surface area contributed by atoms with Gasteiger partial charge in [-0.05, 0) is 66.5 Å². The van der Waals surface area contributed by atoms with Crippen molar-refractivity contribution in [2.45, 2.75) is 64.8 Å². The number of carboxylic acid groups (broad SMARTS) is 1. The topological polar surface area (TPSA) is 66.8 Å². The van der Waals surface area contributed by atoms with Crippen molar-refractivity contribution < 1.29 is 19.4 Å². The van der Waals surface area contributed by atoms with Crippen LogP contribution in [0.1, 0.15) is 64.9 Å². The van der Waals surface area contributed by atoms with Gasteiger partial charge in [-0.2, -0.15) is 0 Å². The van der Waals surface area contributed by atoms with Gasteiger partial charge in [0.05, 0.1) is 13.0 Å². The molecule has 0 spiro atoms. The summed E-state index contributed by atoms with van der Waals surface area (Å²) in [6.07, 6.45) is 2.50. The number of hydrogen-bond acceptors (Lipinski definition) is 3. The van der Waals surface area contributed by atoms with E-state index in [-0.39, 0.29) is 11.3 Å². The molecule has 5 heteroatoms. The van der Waals surface area contributed by atoms with E-state index in [1.54, 1.807) is 12.0 Å². The van der Waals surface area contributed by atoms with E-state index < -0.39 is 17.4 Å². The van der Waals surface area contributed by atoms with E-state index in [2.05, 4.69) is 20.8 Å². The van der Waals surface area contributed by atoms with Gasteiger partial charge in [-0.15, -0.1) is 0 Å². The molecule has 1 fully saturated rings. The van der Waals surface area contributed by atoms with Gasteiger partial charge in [0.15, 0.2) is 0 Å². The molecule has 0 radical (unpaired) electrons. The van der Waals surface area contributed by atoms with Crippen molar-refractivity contribution in [1.29, 1.82) is 0 Å².